The third-order valence-electron chi connectivity index (χ3n) is 2.18. The van der Waals surface area contributed by atoms with Gasteiger partial charge in [-0.3, -0.25) is 0 Å². The van der Waals surface area contributed by atoms with Crippen molar-refractivity contribution in [2.75, 3.05) is 21.1 Å². The molecule has 0 saturated carbocycles. The highest BCUT2D eigenvalue weighted by Crippen LogP contribution is 2.11. The number of rotatable bonds is 4. The summed E-state index contributed by atoms with van der Waals surface area (Å²) in [6, 6.07) is 0.0123. The standard InChI is InChI=1S/C11H21NO2/c1-8(2)11(13)14-10(4)9(3)12(5,6)7/h9-10H,1,3H2,2,4-7H3/q+1. The van der Waals surface area contributed by atoms with Crippen molar-refractivity contribution < 1.29 is 14.0 Å². The molecule has 0 aliphatic heterocycles. The van der Waals surface area contributed by atoms with Gasteiger partial charge in [-0.2, -0.15) is 0 Å². The highest BCUT2D eigenvalue weighted by molar-refractivity contribution is 5.87. The summed E-state index contributed by atoms with van der Waals surface area (Å²) in [6.07, 6.45) is -0.209. The first-order valence-electron chi connectivity index (χ1n) is 4.67. The molecular formula is C11H21NO2+. The molecule has 2 unspecified atom stereocenters. The average molecular weight is 199 g/mol. The largest absolute Gasteiger partial charge is 0.453 e. The molecule has 1 radical (unpaired) electrons. The van der Waals surface area contributed by atoms with Crippen molar-refractivity contribution in [1.82, 2.24) is 0 Å². The number of ether oxygens (including phenoxy) is 1. The fourth-order valence-electron chi connectivity index (χ4n) is 0.978. The second-order valence-corrected chi connectivity index (χ2v) is 4.57. The topological polar surface area (TPSA) is 26.3 Å². The Hall–Kier alpha value is -0.830. The second-order valence-electron chi connectivity index (χ2n) is 4.57. The van der Waals surface area contributed by atoms with Gasteiger partial charge in [-0.05, 0) is 13.8 Å². The van der Waals surface area contributed by atoms with Gasteiger partial charge >= 0.3 is 5.97 Å². The van der Waals surface area contributed by atoms with Gasteiger partial charge in [-0.25, -0.2) is 4.79 Å². The first-order chi connectivity index (χ1) is 6.16. The van der Waals surface area contributed by atoms with E-state index in [1.54, 1.807) is 6.92 Å². The van der Waals surface area contributed by atoms with Crippen molar-refractivity contribution in [2.45, 2.75) is 26.0 Å². The Kier molecular flexibility index (Phi) is 4.33. The summed E-state index contributed by atoms with van der Waals surface area (Å²) in [4.78, 5) is 11.2. The van der Waals surface area contributed by atoms with Crippen molar-refractivity contribution in [1.29, 1.82) is 0 Å². The van der Waals surface area contributed by atoms with Crippen molar-refractivity contribution in [3.05, 3.63) is 19.1 Å². The van der Waals surface area contributed by atoms with Gasteiger partial charge in [0.2, 0.25) is 0 Å². The van der Waals surface area contributed by atoms with Crippen LogP contribution < -0.4 is 0 Å². The number of carbonyl (C=O) groups is 1. The summed E-state index contributed by atoms with van der Waals surface area (Å²) in [7, 11) is 6.05. The first kappa shape index (κ1) is 13.2. The average Bonchev–Trinajstić information content (AvgIpc) is 2.00. The van der Waals surface area contributed by atoms with Gasteiger partial charge < -0.3 is 9.22 Å². The molecule has 0 aliphatic rings. The van der Waals surface area contributed by atoms with Crippen LogP contribution in [-0.2, 0) is 9.53 Å². The van der Waals surface area contributed by atoms with Crippen LogP contribution in [0.15, 0.2) is 12.2 Å². The summed E-state index contributed by atoms with van der Waals surface area (Å²) in [5.74, 6) is -0.348. The highest BCUT2D eigenvalue weighted by atomic mass is 16.5. The predicted octanol–water partition coefficient (Wildman–Crippen LogP) is 1.40. The Labute approximate surface area is 86.9 Å². The lowest BCUT2D eigenvalue weighted by Gasteiger charge is -2.34. The van der Waals surface area contributed by atoms with Crippen LogP contribution in [0.2, 0.25) is 0 Å². The van der Waals surface area contributed by atoms with Crippen molar-refractivity contribution in [3.8, 4) is 0 Å². The molecule has 0 spiro atoms. The molecule has 0 amide bonds. The molecule has 3 nitrogen and oxygen atoms in total. The van der Waals surface area contributed by atoms with E-state index >= 15 is 0 Å². The van der Waals surface area contributed by atoms with Crippen molar-refractivity contribution in [3.63, 3.8) is 0 Å². The van der Waals surface area contributed by atoms with Crippen molar-refractivity contribution in [2.24, 2.45) is 0 Å². The molecule has 14 heavy (non-hydrogen) atoms. The Morgan fingerprint density at radius 1 is 1.36 bits per heavy atom. The van der Waals surface area contributed by atoms with Crippen LogP contribution in [0.5, 0.6) is 0 Å². The third-order valence-corrected chi connectivity index (χ3v) is 2.18. The zero-order valence-corrected chi connectivity index (χ0v) is 9.83. The molecule has 2 atom stereocenters. The zero-order chi connectivity index (χ0) is 11.5. The number of quaternary nitrogens is 1. The quantitative estimate of drug-likeness (QED) is 0.389. The number of carbonyl (C=O) groups excluding carboxylic acids is 1. The van der Waals surface area contributed by atoms with E-state index in [1.165, 1.54) is 0 Å². The minimum Gasteiger partial charge on any atom is -0.453 e. The van der Waals surface area contributed by atoms with Gasteiger partial charge in [0.25, 0.3) is 0 Å². The fourth-order valence-corrected chi connectivity index (χ4v) is 0.978. The monoisotopic (exact) mass is 199 g/mol. The summed E-state index contributed by atoms with van der Waals surface area (Å²) >= 11 is 0. The van der Waals surface area contributed by atoms with Crippen molar-refractivity contribution >= 4 is 5.97 Å². The fraction of sp³-hybridized carbons (Fsp3) is 0.636. The van der Waals surface area contributed by atoms with Crippen LogP contribution in [0, 0.1) is 6.92 Å². The van der Waals surface area contributed by atoms with Gasteiger partial charge in [-0.1, -0.05) is 6.58 Å². The number of hydrogen-bond acceptors (Lipinski definition) is 2. The number of likely N-dealkylation sites (N-methyl/N-ethyl adjacent to an activating group) is 1. The van der Waals surface area contributed by atoms with Crippen LogP contribution in [0.1, 0.15) is 13.8 Å². The molecule has 0 bridgehead atoms. The molecule has 0 saturated heterocycles. The van der Waals surface area contributed by atoms with Gasteiger partial charge in [0.1, 0.15) is 6.04 Å². The van der Waals surface area contributed by atoms with Crippen LogP contribution in [0.25, 0.3) is 0 Å². The van der Waals surface area contributed by atoms with Gasteiger partial charge in [-0.15, -0.1) is 0 Å². The molecule has 0 aromatic rings. The lowest BCUT2D eigenvalue weighted by atomic mass is 10.1. The van der Waals surface area contributed by atoms with E-state index in [0.29, 0.717) is 10.1 Å². The molecule has 0 rings (SSSR count). The van der Waals surface area contributed by atoms with Crippen LogP contribution >= 0.6 is 0 Å². The number of nitrogens with zero attached hydrogens (tertiary/aromatic N) is 1. The zero-order valence-electron chi connectivity index (χ0n) is 9.83. The predicted molar refractivity (Wildman–Crippen MR) is 57.5 cm³/mol. The molecule has 3 heteroatoms. The van der Waals surface area contributed by atoms with Gasteiger partial charge in [0.05, 0.1) is 21.1 Å². The lowest BCUT2D eigenvalue weighted by Crippen LogP contribution is -2.50. The molecule has 0 aromatic carbocycles. The molecule has 0 aromatic heterocycles. The number of hydrogen-bond donors (Lipinski definition) is 0. The lowest BCUT2D eigenvalue weighted by molar-refractivity contribution is -0.893. The third kappa shape index (κ3) is 3.92. The van der Waals surface area contributed by atoms with E-state index in [4.69, 9.17) is 4.74 Å². The van der Waals surface area contributed by atoms with E-state index < -0.39 is 0 Å². The van der Waals surface area contributed by atoms with Gasteiger partial charge in [0, 0.05) is 12.5 Å². The van der Waals surface area contributed by atoms with Crippen LogP contribution in [0.3, 0.4) is 0 Å². The Morgan fingerprint density at radius 2 is 1.79 bits per heavy atom. The molecular weight excluding hydrogens is 178 g/mol. The maximum Gasteiger partial charge on any atom is 0.333 e. The molecule has 0 aliphatic carbocycles. The van der Waals surface area contributed by atoms with Crippen LogP contribution in [-0.4, -0.2) is 43.7 Å². The smallest absolute Gasteiger partial charge is 0.333 e. The minimum atomic E-state index is -0.348. The molecule has 0 heterocycles. The second kappa shape index (κ2) is 4.60. The molecule has 0 fully saturated rings. The summed E-state index contributed by atoms with van der Waals surface area (Å²) in [6.45, 7) is 11.0. The highest BCUT2D eigenvalue weighted by Gasteiger charge is 2.27. The first-order valence-corrected chi connectivity index (χ1v) is 4.67. The Morgan fingerprint density at radius 3 is 2.07 bits per heavy atom. The van der Waals surface area contributed by atoms with E-state index in [2.05, 4.69) is 13.5 Å². The Balaban J connectivity index is 4.29. The summed E-state index contributed by atoms with van der Waals surface area (Å²) in [5, 5.41) is 0. The van der Waals surface area contributed by atoms with Crippen LogP contribution in [0.4, 0.5) is 0 Å². The minimum absolute atomic E-state index is 0.0123. The van der Waals surface area contributed by atoms with E-state index in [1.807, 2.05) is 28.1 Å². The van der Waals surface area contributed by atoms with E-state index in [0.717, 1.165) is 0 Å². The number of esters is 1. The van der Waals surface area contributed by atoms with Gasteiger partial charge in [0.15, 0.2) is 6.10 Å². The summed E-state index contributed by atoms with van der Waals surface area (Å²) < 4.78 is 5.84. The maximum absolute atomic E-state index is 11.2. The maximum atomic E-state index is 11.2. The molecule has 81 valence electrons. The van der Waals surface area contributed by atoms with E-state index in [-0.39, 0.29) is 18.1 Å². The SMILES string of the molecule is [CH2]C(C(C)OC(=O)C(=C)C)[N+](C)(C)C. The molecule has 0 N–H and O–H groups in total. The Bertz CT molecular complexity index is 228. The van der Waals surface area contributed by atoms with E-state index in [9.17, 15) is 4.79 Å². The normalized spacial score (nSPS) is 15.9. The summed E-state index contributed by atoms with van der Waals surface area (Å²) in [5.41, 5.74) is 0.422.